The van der Waals surface area contributed by atoms with E-state index in [9.17, 15) is 9.18 Å². The third-order valence-electron chi connectivity index (χ3n) is 4.10. The van der Waals surface area contributed by atoms with Crippen molar-refractivity contribution in [2.75, 3.05) is 5.75 Å². The highest BCUT2D eigenvalue weighted by Gasteiger charge is 2.22. The number of fused-ring (bicyclic) bond motifs is 1. The van der Waals surface area contributed by atoms with Gasteiger partial charge in [0.15, 0.2) is 5.16 Å². The van der Waals surface area contributed by atoms with Crippen LogP contribution in [0.2, 0.25) is 10.0 Å². The van der Waals surface area contributed by atoms with Crippen LogP contribution in [0.1, 0.15) is 11.3 Å². The number of halogens is 3. The lowest BCUT2D eigenvalue weighted by Gasteiger charge is -2.14. The lowest BCUT2D eigenvalue weighted by Crippen LogP contribution is -2.23. The Labute approximate surface area is 173 Å². The van der Waals surface area contributed by atoms with E-state index in [0.717, 1.165) is 23.4 Å². The summed E-state index contributed by atoms with van der Waals surface area (Å²) in [4.78, 5) is 18.4. The predicted octanol–water partition coefficient (Wildman–Crippen LogP) is 5.62. The van der Waals surface area contributed by atoms with E-state index in [1.807, 2.05) is 6.07 Å². The Kier molecular flexibility index (Phi) is 5.50. The van der Waals surface area contributed by atoms with Crippen LogP contribution in [0.3, 0.4) is 0 Å². The maximum absolute atomic E-state index is 13.3. The Morgan fingerprint density at radius 2 is 1.93 bits per heavy atom. The van der Waals surface area contributed by atoms with Gasteiger partial charge in [0, 0.05) is 17.9 Å². The number of rotatable bonds is 4. The van der Waals surface area contributed by atoms with Crippen molar-refractivity contribution in [2.45, 2.75) is 22.2 Å². The molecule has 0 fully saturated rings. The normalized spacial score (nSPS) is 13.0. The highest BCUT2D eigenvalue weighted by Crippen LogP contribution is 2.32. The number of aromatic nitrogens is 2. The van der Waals surface area contributed by atoms with E-state index in [2.05, 4.69) is 0 Å². The molecular formula is C19H13Cl2FN2OS2. The Bertz CT molecular complexity index is 1070. The van der Waals surface area contributed by atoms with Gasteiger partial charge in [0.25, 0.3) is 5.56 Å². The van der Waals surface area contributed by atoms with Gasteiger partial charge in [-0.15, -0.1) is 11.8 Å². The number of thioether (sulfide) groups is 2. The molecule has 0 radical (unpaired) electrons. The monoisotopic (exact) mass is 438 g/mol. The molecule has 1 aromatic heterocycles. The summed E-state index contributed by atoms with van der Waals surface area (Å²) in [6.07, 6.45) is 0.778. The van der Waals surface area contributed by atoms with Crippen molar-refractivity contribution >= 4 is 46.7 Å². The molecule has 2 aromatic carbocycles. The number of hydrogen-bond donors (Lipinski definition) is 0. The van der Waals surface area contributed by atoms with E-state index >= 15 is 0 Å². The molecule has 0 aliphatic carbocycles. The Morgan fingerprint density at radius 3 is 2.67 bits per heavy atom. The van der Waals surface area contributed by atoms with Crippen LogP contribution in [0.25, 0.3) is 5.69 Å². The maximum Gasteiger partial charge on any atom is 0.272 e. The summed E-state index contributed by atoms with van der Waals surface area (Å²) in [6, 6.07) is 11.3. The van der Waals surface area contributed by atoms with Gasteiger partial charge < -0.3 is 0 Å². The molecule has 3 aromatic rings. The van der Waals surface area contributed by atoms with Crippen LogP contribution in [-0.2, 0) is 12.2 Å². The number of hydrogen-bond acceptors (Lipinski definition) is 4. The van der Waals surface area contributed by atoms with Gasteiger partial charge in [0.05, 0.1) is 26.3 Å². The van der Waals surface area contributed by atoms with Gasteiger partial charge in [-0.3, -0.25) is 9.36 Å². The quantitative estimate of drug-likeness (QED) is 0.391. The predicted molar refractivity (Wildman–Crippen MR) is 110 cm³/mol. The molecule has 138 valence electrons. The maximum atomic E-state index is 13.3. The van der Waals surface area contributed by atoms with Gasteiger partial charge in [-0.25, -0.2) is 9.37 Å². The molecule has 0 amide bonds. The van der Waals surface area contributed by atoms with E-state index in [-0.39, 0.29) is 11.4 Å². The Hall–Kier alpha value is -1.47. The molecule has 0 N–H and O–H groups in total. The van der Waals surface area contributed by atoms with Gasteiger partial charge >= 0.3 is 0 Å². The molecule has 4 rings (SSSR count). The fourth-order valence-corrected chi connectivity index (χ4v) is 5.10. The van der Waals surface area contributed by atoms with Gasteiger partial charge in [-0.2, -0.15) is 0 Å². The molecule has 0 atom stereocenters. The lowest BCUT2D eigenvalue weighted by molar-refractivity contribution is 0.626. The zero-order valence-electron chi connectivity index (χ0n) is 13.9. The van der Waals surface area contributed by atoms with E-state index in [0.29, 0.717) is 31.5 Å². The second kappa shape index (κ2) is 7.87. The second-order valence-corrected chi connectivity index (χ2v) is 8.78. The number of aryl methyl sites for hydroxylation is 1. The smallest absolute Gasteiger partial charge is 0.268 e. The van der Waals surface area contributed by atoms with Crippen molar-refractivity contribution in [2.24, 2.45) is 0 Å². The third-order valence-corrected chi connectivity index (χ3v) is 6.96. The van der Waals surface area contributed by atoms with Crippen LogP contribution in [0.4, 0.5) is 4.39 Å². The van der Waals surface area contributed by atoms with Crippen molar-refractivity contribution in [3.63, 3.8) is 0 Å². The van der Waals surface area contributed by atoms with Gasteiger partial charge in [0.2, 0.25) is 0 Å². The van der Waals surface area contributed by atoms with Crippen molar-refractivity contribution in [3.05, 3.63) is 79.9 Å². The summed E-state index contributed by atoms with van der Waals surface area (Å²) in [5.74, 6) is 1.08. The van der Waals surface area contributed by atoms with E-state index in [1.165, 1.54) is 35.7 Å². The van der Waals surface area contributed by atoms with E-state index in [4.69, 9.17) is 28.2 Å². The average molecular weight is 439 g/mol. The molecule has 0 unspecified atom stereocenters. The standard InChI is InChI=1S/C19H13Cl2FN2OS2/c20-14-6-1-11(9-15(14)21)10-27-19-23-16-7-8-26-17(16)18(25)24(19)13-4-2-12(22)3-5-13/h1-6,9H,7-8,10H2. The van der Waals surface area contributed by atoms with E-state index in [1.54, 1.807) is 28.8 Å². The van der Waals surface area contributed by atoms with Crippen LogP contribution < -0.4 is 5.56 Å². The SMILES string of the molecule is O=c1c2c(nc(SCc3ccc(Cl)c(Cl)c3)n1-c1ccc(F)cc1)CCS2. The van der Waals surface area contributed by atoms with Crippen LogP contribution in [0.5, 0.6) is 0 Å². The minimum atomic E-state index is -0.347. The summed E-state index contributed by atoms with van der Waals surface area (Å²) >= 11 is 15.0. The van der Waals surface area contributed by atoms with Crippen LogP contribution in [0.15, 0.2) is 57.3 Å². The Morgan fingerprint density at radius 1 is 1.15 bits per heavy atom. The van der Waals surface area contributed by atoms with Crippen molar-refractivity contribution in [3.8, 4) is 5.69 Å². The minimum absolute atomic E-state index is 0.106. The van der Waals surface area contributed by atoms with Crippen LogP contribution in [-0.4, -0.2) is 15.3 Å². The lowest BCUT2D eigenvalue weighted by atomic mass is 10.2. The molecule has 27 heavy (non-hydrogen) atoms. The zero-order chi connectivity index (χ0) is 19.0. The highest BCUT2D eigenvalue weighted by molar-refractivity contribution is 7.99. The molecule has 1 aliphatic heterocycles. The number of benzene rings is 2. The van der Waals surface area contributed by atoms with Gasteiger partial charge in [-0.1, -0.05) is 41.0 Å². The molecule has 2 heterocycles. The van der Waals surface area contributed by atoms with Crippen LogP contribution >= 0.6 is 46.7 Å². The van der Waals surface area contributed by atoms with Crippen molar-refractivity contribution in [1.82, 2.24) is 9.55 Å². The molecular weight excluding hydrogens is 426 g/mol. The first-order valence-corrected chi connectivity index (χ1v) is 10.9. The molecule has 0 spiro atoms. The van der Waals surface area contributed by atoms with Crippen molar-refractivity contribution < 1.29 is 4.39 Å². The molecule has 0 saturated heterocycles. The molecule has 0 saturated carbocycles. The summed E-state index contributed by atoms with van der Waals surface area (Å²) in [5.41, 5.74) is 2.30. The third kappa shape index (κ3) is 3.90. The summed E-state index contributed by atoms with van der Waals surface area (Å²) < 4.78 is 14.9. The van der Waals surface area contributed by atoms with Gasteiger partial charge in [0.1, 0.15) is 5.82 Å². The first-order chi connectivity index (χ1) is 13.0. The minimum Gasteiger partial charge on any atom is -0.268 e. The van der Waals surface area contributed by atoms with Gasteiger partial charge in [-0.05, 0) is 42.0 Å². The number of nitrogens with zero attached hydrogens (tertiary/aromatic N) is 2. The highest BCUT2D eigenvalue weighted by atomic mass is 35.5. The second-order valence-electron chi connectivity index (χ2n) is 5.92. The zero-order valence-corrected chi connectivity index (χ0v) is 17.1. The Balaban J connectivity index is 1.74. The molecule has 8 heteroatoms. The first kappa shape index (κ1) is 18.9. The van der Waals surface area contributed by atoms with Crippen LogP contribution in [0, 0.1) is 5.82 Å². The molecule has 3 nitrogen and oxygen atoms in total. The topological polar surface area (TPSA) is 34.9 Å². The van der Waals surface area contributed by atoms with Crippen molar-refractivity contribution in [1.29, 1.82) is 0 Å². The first-order valence-electron chi connectivity index (χ1n) is 8.14. The largest absolute Gasteiger partial charge is 0.272 e. The average Bonchev–Trinajstić information content (AvgIpc) is 3.13. The fourth-order valence-electron chi connectivity index (χ4n) is 2.78. The fraction of sp³-hybridized carbons (Fsp3) is 0.158. The summed E-state index contributed by atoms with van der Waals surface area (Å²) in [7, 11) is 0. The molecule has 0 bridgehead atoms. The summed E-state index contributed by atoms with van der Waals surface area (Å²) in [5, 5.41) is 1.57. The summed E-state index contributed by atoms with van der Waals surface area (Å²) in [6.45, 7) is 0. The van der Waals surface area contributed by atoms with E-state index < -0.39 is 0 Å². The molecule has 1 aliphatic rings.